The van der Waals surface area contributed by atoms with Crippen LogP contribution in [0.1, 0.15) is 56.1 Å². The van der Waals surface area contributed by atoms with Gasteiger partial charge in [-0.05, 0) is 63.1 Å². The summed E-state index contributed by atoms with van der Waals surface area (Å²) >= 11 is 0. The first-order valence-corrected chi connectivity index (χ1v) is 11.5. The number of aryl methyl sites for hydroxylation is 2. The molecule has 0 atom stereocenters. The maximum atomic E-state index is 13.1. The molecular weight excluding hydrogens is 392 g/mol. The summed E-state index contributed by atoms with van der Waals surface area (Å²) in [6.45, 7) is 6.80. The Morgan fingerprint density at radius 1 is 0.935 bits per heavy atom. The van der Waals surface area contributed by atoms with Crippen molar-refractivity contribution < 1.29 is 14.4 Å². The van der Waals surface area contributed by atoms with Crippen LogP contribution < -0.4 is 5.01 Å². The Morgan fingerprint density at radius 3 is 2.35 bits per heavy atom. The minimum absolute atomic E-state index is 0.0171. The number of hydrogen-bond donors (Lipinski definition) is 0. The maximum absolute atomic E-state index is 13.1. The average molecular weight is 425 g/mol. The molecule has 2 saturated heterocycles. The van der Waals surface area contributed by atoms with Gasteiger partial charge in [-0.25, -0.2) is 5.01 Å². The molecule has 3 aliphatic rings. The van der Waals surface area contributed by atoms with Crippen molar-refractivity contribution >= 4 is 29.1 Å². The molecule has 4 rings (SSSR count). The highest BCUT2D eigenvalue weighted by molar-refractivity contribution is 6.40. The van der Waals surface area contributed by atoms with Crippen LogP contribution in [0.4, 0.5) is 5.69 Å². The summed E-state index contributed by atoms with van der Waals surface area (Å²) < 4.78 is 0. The lowest BCUT2D eigenvalue weighted by Crippen LogP contribution is -2.48. The van der Waals surface area contributed by atoms with Crippen molar-refractivity contribution in [3.05, 3.63) is 29.3 Å². The Labute approximate surface area is 184 Å². The summed E-state index contributed by atoms with van der Waals surface area (Å²) in [6, 6.07) is 5.90. The molecular formula is C24H32N4O3. The number of benzene rings is 1. The van der Waals surface area contributed by atoms with Crippen LogP contribution >= 0.6 is 0 Å². The van der Waals surface area contributed by atoms with E-state index in [0.717, 1.165) is 42.7 Å². The van der Waals surface area contributed by atoms with E-state index < -0.39 is 0 Å². The first-order valence-electron chi connectivity index (χ1n) is 11.5. The third-order valence-electron chi connectivity index (χ3n) is 6.67. The van der Waals surface area contributed by atoms with Gasteiger partial charge in [0.15, 0.2) is 0 Å². The van der Waals surface area contributed by atoms with E-state index in [4.69, 9.17) is 0 Å². The molecule has 2 fully saturated rings. The number of anilines is 1. The van der Waals surface area contributed by atoms with Gasteiger partial charge in [0.1, 0.15) is 5.71 Å². The molecule has 3 aliphatic heterocycles. The van der Waals surface area contributed by atoms with Gasteiger partial charge < -0.3 is 9.80 Å². The van der Waals surface area contributed by atoms with Gasteiger partial charge in [0.2, 0.25) is 11.8 Å². The van der Waals surface area contributed by atoms with Gasteiger partial charge in [0, 0.05) is 44.9 Å². The highest BCUT2D eigenvalue weighted by atomic mass is 16.2. The predicted molar refractivity (Wildman–Crippen MR) is 120 cm³/mol. The highest BCUT2D eigenvalue weighted by Gasteiger charge is 2.34. The van der Waals surface area contributed by atoms with Gasteiger partial charge in [0.05, 0.1) is 5.69 Å². The van der Waals surface area contributed by atoms with E-state index in [1.54, 1.807) is 4.90 Å². The van der Waals surface area contributed by atoms with Crippen LogP contribution in [0.2, 0.25) is 0 Å². The Bertz CT molecular complexity index is 896. The minimum atomic E-state index is -0.105. The van der Waals surface area contributed by atoms with Crippen molar-refractivity contribution in [1.82, 2.24) is 9.80 Å². The zero-order chi connectivity index (χ0) is 22.0. The van der Waals surface area contributed by atoms with Crippen molar-refractivity contribution in [1.29, 1.82) is 0 Å². The summed E-state index contributed by atoms with van der Waals surface area (Å²) in [4.78, 5) is 42.2. The van der Waals surface area contributed by atoms with Crippen LogP contribution in [-0.4, -0.2) is 59.4 Å². The second-order valence-electron chi connectivity index (χ2n) is 8.99. The summed E-state index contributed by atoms with van der Waals surface area (Å²) in [6.07, 6.45) is 5.45. The van der Waals surface area contributed by atoms with Gasteiger partial charge in [-0.15, -0.1) is 0 Å². The number of amides is 3. The van der Waals surface area contributed by atoms with Crippen molar-refractivity contribution in [2.24, 2.45) is 11.0 Å². The molecule has 0 N–H and O–H groups in total. The number of rotatable bonds is 3. The molecule has 7 nitrogen and oxygen atoms in total. The molecule has 3 amide bonds. The molecule has 0 saturated carbocycles. The third kappa shape index (κ3) is 4.65. The normalized spacial score (nSPS) is 20.6. The van der Waals surface area contributed by atoms with Gasteiger partial charge in [-0.1, -0.05) is 12.1 Å². The van der Waals surface area contributed by atoms with E-state index in [2.05, 4.69) is 5.10 Å². The van der Waals surface area contributed by atoms with E-state index in [0.29, 0.717) is 38.1 Å². The number of hydrazone groups is 1. The van der Waals surface area contributed by atoms with Crippen LogP contribution in [0.3, 0.4) is 0 Å². The Balaban J connectivity index is 1.42. The van der Waals surface area contributed by atoms with Crippen molar-refractivity contribution in [2.45, 2.75) is 58.8 Å². The zero-order valence-electron chi connectivity index (χ0n) is 18.6. The highest BCUT2D eigenvalue weighted by Crippen LogP contribution is 2.27. The maximum Gasteiger partial charge on any atom is 0.270 e. The molecule has 0 aromatic heterocycles. The smallest absolute Gasteiger partial charge is 0.270 e. The topological polar surface area (TPSA) is 73.3 Å². The SMILES string of the molecule is Cc1ccc(C)c(N2N=C(C(=O)N3CCC(C(=O)N4CCCCC4)CC3)CCC2=O)c1. The lowest BCUT2D eigenvalue weighted by Gasteiger charge is -2.36. The molecule has 0 unspecified atom stereocenters. The molecule has 0 radical (unpaired) electrons. The Morgan fingerprint density at radius 2 is 1.65 bits per heavy atom. The fraction of sp³-hybridized carbons (Fsp3) is 0.583. The second-order valence-corrected chi connectivity index (χ2v) is 8.99. The summed E-state index contributed by atoms with van der Waals surface area (Å²) in [7, 11) is 0. The van der Waals surface area contributed by atoms with Crippen molar-refractivity contribution in [2.75, 3.05) is 31.2 Å². The van der Waals surface area contributed by atoms with Gasteiger partial charge >= 0.3 is 0 Å². The number of hydrogen-bond acceptors (Lipinski definition) is 4. The van der Waals surface area contributed by atoms with Gasteiger partial charge in [0.25, 0.3) is 5.91 Å². The van der Waals surface area contributed by atoms with Gasteiger partial charge in [-0.3, -0.25) is 14.4 Å². The van der Waals surface area contributed by atoms with Crippen LogP contribution in [0.25, 0.3) is 0 Å². The van der Waals surface area contributed by atoms with Crippen molar-refractivity contribution in [3.63, 3.8) is 0 Å². The summed E-state index contributed by atoms with van der Waals surface area (Å²) in [5.74, 6) is 0.0831. The molecule has 0 spiro atoms. The first kappa shape index (κ1) is 21.5. The standard InChI is InChI=1S/C24H32N4O3/c1-17-6-7-18(2)21(16-17)28-22(29)9-8-20(25-28)24(31)27-14-10-19(11-15-27)23(30)26-12-4-3-5-13-26/h6-7,16,19H,3-5,8-15H2,1-2H3. The number of piperidine rings is 2. The molecule has 7 heteroatoms. The van der Waals surface area contributed by atoms with E-state index in [1.165, 1.54) is 11.4 Å². The first-order chi connectivity index (χ1) is 14.9. The molecule has 166 valence electrons. The zero-order valence-corrected chi connectivity index (χ0v) is 18.6. The molecule has 3 heterocycles. The lowest BCUT2D eigenvalue weighted by atomic mass is 9.94. The predicted octanol–water partition coefficient (Wildman–Crippen LogP) is 3.04. The Hall–Kier alpha value is -2.70. The summed E-state index contributed by atoms with van der Waals surface area (Å²) in [5.41, 5.74) is 3.16. The quantitative estimate of drug-likeness (QED) is 0.749. The van der Waals surface area contributed by atoms with Crippen molar-refractivity contribution in [3.8, 4) is 0 Å². The fourth-order valence-corrected chi connectivity index (χ4v) is 4.73. The number of carbonyl (C=O) groups excluding carboxylic acids is 3. The van der Waals surface area contributed by atoms with E-state index in [-0.39, 0.29) is 30.1 Å². The monoisotopic (exact) mass is 424 g/mol. The van der Waals surface area contributed by atoms with Gasteiger partial charge in [-0.2, -0.15) is 5.10 Å². The number of likely N-dealkylation sites (tertiary alicyclic amines) is 2. The van der Waals surface area contributed by atoms with E-state index in [1.807, 2.05) is 36.9 Å². The van der Waals surface area contributed by atoms with Crippen LogP contribution in [-0.2, 0) is 14.4 Å². The second kappa shape index (κ2) is 9.20. The largest absolute Gasteiger partial charge is 0.342 e. The van der Waals surface area contributed by atoms with Crippen LogP contribution in [0.15, 0.2) is 23.3 Å². The minimum Gasteiger partial charge on any atom is -0.342 e. The number of nitrogens with zero attached hydrogens (tertiary/aromatic N) is 4. The number of carbonyl (C=O) groups is 3. The van der Waals surface area contributed by atoms with Crippen LogP contribution in [0.5, 0.6) is 0 Å². The molecule has 31 heavy (non-hydrogen) atoms. The lowest BCUT2D eigenvalue weighted by molar-refractivity contribution is -0.139. The van der Waals surface area contributed by atoms with Crippen LogP contribution in [0, 0.1) is 19.8 Å². The van der Waals surface area contributed by atoms with E-state index in [9.17, 15) is 14.4 Å². The third-order valence-corrected chi connectivity index (χ3v) is 6.67. The molecule has 1 aromatic carbocycles. The fourth-order valence-electron chi connectivity index (χ4n) is 4.73. The Kier molecular flexibility index (Phi) is 6.39. The molecule has 0 aliphatic carbocycles. The molecule has 1 aromatic rings. The van der Waals surface area contributed by atoms with E-state index >= 15 is 0 Å². The average Bonchev–Trinajstić information content (AvgIpc) is 2.81. The molecule has 0 bridgehead atoms. The summed E-state index contributed by atoms with van der Waals surface area (Å²) in [5, 5.41) is 5.87.